The minimum Gasteiger partial charge on any atom is -0.419 e. The maximum atomic E-state index is 12.2. The molecule has 10 heteroatoms. The van der Waals surface area contributed by atoms with Crippen LogP contribution < -0.4 is 4.90 Å². The number of thiophene rings is 1. The SMILES string of the molecule is CCC(=O)N(c1nnc(SCc2nnc(-c3cc(C)c(CC)s3)o2)s1)C1CC1. The lowest BCUT2D eigenvalue weighted by atomic mass is 10.2. The molecule has 28 heavy (non-hydrogen) atoms. The highest BCUT2D eigenvalue weighted by atomic mass is 32.2. The number of rotatable bonds is 8. The van der Waals surface area contributed by atoms with Crippen molar-refractivity contribution in [1.29, 1.82) is 0 Å². The molecule has 0 radical (unpaired) electrons. The second-order valence-corrected chi connectivity index (χ2v) is 9.87. The van der Waals surface area contributed by atoms with Gasteiger partial charge in [-0.15, -0.1) is 31.7 Å². The van der Waals surface area contributed by atoms with E-state index in [4.69, 9.17) is 4.42 Å². The lowest BCUT2D eigenvalue weighted by Gasteiger charge is -2.17. The van der Waals surface area contributed by atoms with E-state index < -0.39 is 0 Å². The number of hydrogen-bond acceptors (Lipinski definition) is 9. The Balaban J connectivity index is 1.41. The van der Waals surface area contributed by atoms with Crippen LogP contribution in [0, 0.1) is 6.92 Å². The summed E-state index contributed by atoms with van der Waals surface area (Å²) in [4.78, 5) is 16.3. The fraction of sp³-hybridized carbons (Fsp3) is 0.500. The zero-order valence-corrected chi connectivity index (χ0v) is 18.4. The molecule has 0 saturated heterocycles. The molecule has 3 aromatic heterocycles. The second-order valence-electron chi connectivity index (χ2n) is 6.56. The molecule has 7 nitrogen and oxygen atoms in total. The molecule has 148 valence electrons. The van der Waals surface area contributed by atoms with Gasteiger partial charge in [-0.25, -0.2) is 0 Å². The molecule has 0 atom stereocenters. The van der Waals surface area contributed by atoms with Gasteiger partial charge in [-0.3, -0.25) is 9.69 Å². The second kappa shape index (κ2) is 8.30. The summed E-state index contributed by atoms with van der Waals surface area (Å²) < 4.78 is 6.62. The van der Waals surface area contributed by atoms with Gasteiger partial charge >= 0.3 is 0 Å². The Hall–Kier alpha value is -1.78. The molecule has 1 aliphatic rings. The first-order valence-corrected chi connectivity index (χ1v) is 11.9. The summed E-state index contributed by atoms with van der Waals surface area (Å²) in [7, 11) is 0. The van der Waals surface area contributed by atoms with Crippen molar-refractivity contribution in [2.75, 3.05) is 4.90 Å². The molecule has 1 amide bonds. The van der Waals surface area contributed by atoms with Gasteiger partial charge in [0.25, 0.3) is 5.89 Å². The number of thioether (sulfide) groups is 1. The Morgan fingerprint density at radius 1 is 1.25 bits per heavy atom. The number of hydrogen-bond donors (Lipinski definition) is 0. The molecule has 1 saturated carbocycles. The number of carbonyl (C=O) groups is 1. The van der Waals surface area contributed by atoms with Gasteiger partial charge in [0.2, 0.25) is 16.9 Å². The average molecular weight is 436 g/mol. The summed E-state index contributed by atoms with van der Waals surface area (Å²) in [6.07, 6.45) is 3.57. The Morgan fingerprint density at radius 2 is 2.07 bits per heavy atom. The fourth-order valence-corrected chi connectivity index (χ4v) is 5.64. The van der Waals surface area contributed by atoms with E-state index in [-0.39, 0.29) is 5.91 Å². The number of aromatic nitrogens is 4. The van der Waals surface area contributed by atoms with Gasteiger partial charge in [-0.05, 0) is 37.8 Å². The van der Waals surface area contributed by atoms with E-state index in [1.165, 1.54) is 33.5 Å². The first-order chi connectivity index (χ1) is 13.6. The van der Waals surface area contributed by atoms with E-state index >= 15 is 0 Å². The molecule has 0 N–H and O–H groups in total. The van der Waals surface area contributed by atoms with Crippen LogP contribution in [0.5, 0.6) is 0 Å². The third-order valence-electron chi connectivity index (χ3n) is 4.42. The van der Waals surface area contributed by atoms with Crippen molar-refractivity contribution < 1.29 is 9.21 Å². The number of aryl methyl sites for hydroxylation is 2. The summed E-state index contributed by atoms with van der Waals surface area (Å²) in [5, 5.41) is 17.5. The number of carbonyl (C=O) groups excluding carboxylic acids is 1. The standard InChI is InChI=1S/C18H21N5O2S3/c1-4-12-10(3)8-13(27-12)16-20-19-14(25-16)9-26-18-22-21-17(28-18)23(11-6-7-11)15(24)5-2/h8,11H,4-7,9H2,1-3H3. The molecule has 4 rings (SSSR count). The van der Waals surface area contributed by atoms with Crippen molar-refractivity contribution >= 4 is 45.5 Å². The quantitative estimate of drug-likeness (QED) is 0.374. The van der Waals surface area contributed by atoms with Crippen molar-refractivity contribution in [2.24, 2.45) is 0 Å². The van der Waals surface area contributed by atoms with Crippen LogP contribution in [0.15, 0.2) is 14.8 Å². The summed E-state index contributed by atoms with van der Waals surface area (Å²) in [5.41, 5.74) is 1.26. The predicted molar refractivity (Wildman–Crippen MR) is 112 cm³/mol. The summed E-state index contributed by atoms with van der Waals surface area (Å²) >= 11 is 4.64. The Bertz CT molecular complexity index is 976. The molecule has 3 heterocycles. The zero-order chi connectivity index (χ0) is 19.7. The fourth-order valence-electron chi connectivity index (χ4n) is 2.84. The number of nitrogens with zero attached hydrogens (tertiary/aromatic N) is 5. The van der Waals surface area contributed by atoms with Gasteiger partial charge in [0.1, 0.15) is 0 Å². The Labute approximate surface area is 175 Å². The van der Waals surface area contributed by atoms with Crippen molar-refractivity contribution in [3.05, 3.63) is 22.4 Å². The summed E-state index contributed by atoms with van der Waals surface area (Å²) in [6.45, 7) is 6.13. The van der Waals surface area contributed by atoms with Gasteiger partial charge in [-0.2, -0.15) is 0 Å². The van der Waals surface area contributed by atoms with Gasteiger partial charge in [0, 0.05) is 17.3 Å². The summed E-state index contributed by atoms with van der Waals surface area (Å²) in [5.74, 6) is 1.76. The molecule has 3 aromatic rings. The minimum absolute atomic E-state index is 0.106. The van der Waals surface area contributed by atoms with Crippen LogP contribution >= 0.6 is 34.4 Å². The lowest BCUT2D eigenvalue weighted by Crippen LogP contribution is -2.32. The highest BCUT2D eigenvalue weighted by molar-refractivity contribution is 8.00. The van der Waals surface area contributed by atoms with E-state index in [2.05, 4.69) is 40.3 Å². The Morgan fingerprint density at radius 3 is 2.75 bits per heavy atom. The maximum absolute atomic E-state index is 12.2. The first-order valence-electron chi connectivity index (χ1n) is 9.29. The van der Waals surface area contributed by atoms with Crippen molar-refractivity contribution in [3.8, 4) is 10.8 Å². The van der Waals surface area contributed by atoms with Gasteiger partial charge in [0.15, 0.2) is 4.34 Å². The molecule has 0 aliphatic heterocycles. The van der Waals surface area contributed by atoms with Crippen molar-refractivity contribution in [1.82, 2.24) is 20.4 Å². The molecule has 1 aliphatic carbocycles. The van der Waals surface area contributed by atoms with E-state index in [1.54, 1.807) is 16.2 Å². The van der Waals surface area contributed by atoms with Gasteiger partial charge in [0.05, 0.1) is 10.6 Å². The van der Waals surface area contributed by atoms with Crippen LogP contribution in [0.4, 0.5) is 5.13 Å². The average Bonchev–Trinajstić information content (AvgIpc) is 3.09. The smallest absolute Gasteiger partial charge is 0.257 e. The van der Waals surface area contributed by atoms with Crippen LogP contribution in [0.2, 0.25) is 0 Å². The van der Waals surface area contributed by atoms with Crippen molar-refractivity contribution in [3.63, 3.8) is 0 Å². The largest absolute Gasteiger partial charge is 0.419 e. The molecule has 1 fully saturated rings. The monoisotopic (exact) mass is 435 g/mol. The van der Waals surface area contributed by atoms with E-state index in [9.17, 15) is 4.79 Å². The molecular formula is C18H21N5O2S3. The van der Waals surface area contributed by atoms with Gasteiger partial charge in [-0.1, -0.05) is 36.9 Å². The molecule has 0 spiro atoms. The lowest BCUT2D eigenvalue weighted by molar-refractivity contribution is -0.118. The van der Waals surface area contributed by atoms with E-state index in [1.807, 2.05) is 6.92 Å². The number of amides is 1. The van der Waals surface area contributed by atoms with E-state index in [0.29, 0.717) is 35.1 Å². The predicted octanol–water partition coefficient (Wildman–Crippen LogP) is 4.72. The highest BCUT2D eigenvalue weighted by Gasteiger charge is 2.35. The highest BCUT2D eigenvalue weighted by Crippen LogP contribution is 2.37. The summed E-state index contributed by atoms with van der Waals surface area (Å²) in [6, 6.07) is 2.39. The molecular weight excluding hydrogens is 414 g/mol. The van der Waals surface area contributed by atoms with Crippen LogP contribution in [-0.2, 0) is 17.0 Å². The van der Waals surface area contributed by atoms with Crippen LogP contribution in [0.1, 0.15) is 49.4 Å². The maximum Gasteiger partial charge on any atom is 0.257 e. The van der Waals surface area contributed by atoms with Crippen LogP contribution in [0.3, 0.4) is 0 Å². The van der Waals surface area contributed by atoms with Crippen LogP contribution in [-0.4, -0.2) is 32.3 Å². The third-order valence-corrected chi connectivity index (χ3v) is 7.83. The van der Waals surface area contributed by atoms with Crippen LogP contribution in [0.25, 0.3) is 10.8 Å². The number of anilines is 1. The third kappa shape index (κ3) is 4.13. The van der Waals surface area contributed by atoms with E-state index in [0.717, 1.165) is 28.5 Å². The van der Waals surface area contributed by atoms with Crippen molar-refractivity contribution in [2.45, 2.75) is 62.6 Å². The molecule has 0 aromatic carbocycles. The zero-order valence-electron chi connectivity index (χ0n) is 16.0. The minimum atomic E-state index is 0.106. The topological polar surface area (TPSA) is 85.0 Å². The Kier molecular flexibility index (Phi) is 5.79. The first kappa shape index (κ1) is 19.5. The normalized spacial score (nSPS) is 13.8. The molecule has 0 unspecified atom stereocenters. The van der Waals surface area contributed by atoms with Gasteiger partial charge < -0.3 is 4.42 Å². The molecule has 0 bridgehead atoms.